The number of halogens is 3. The fraction of sp³-hybridized carbons (Fsp3) is 0.0667. The number of carbonyl (C=O) groups is 1. The largest absolute Gasteiger partial charge is 0.442 e. The van der Waals surface area contributed by atoms with E-state index in [9.17, 15) is 18.0 Å². The number of cyclic esters (lactones) is 1. The normalized spacial score (nSPS) is 14.1. The van der Waals surface area contributed by atoms with Crippen LogP contribution in [0.1, 0.15) is 5.56 Å². The lowest BCUT2D eigenvalue weighted by Gasteiger charge is -2.14. The van der Waals surface area contributed by atoms with Crippen molar-refractivity contribution < 1.29 is 22.7 Å². The molecule has 0 saturated heterocycles. The third-order valence-electron chi connectivity index (χ3n) is 3.15. The SMILES string of the molecule is O=C1NN=C(c2ccc(-c3ccc(F)cc3F)c(F)c2)CO1. The molecule has 0 saturated carbocycles. The predicted octanol–water partition coefficient (Wildman–Crippen LogP) is 3.21. The maximum Gasteiger partial charge on any atom is 0.428 e. The van der Waals surface area contributed by atoms with E-state index in [-0.39, 0.29) is 17.7 Å². The molecule has 3 rings (SSSR count). The Morgan fingerprint density at radius 1 is 1.00 bits per heavy atom. The molecule has 1 amide bonds. The molecule has 1 heterocycles. The van der Waals surface area contributed by atoms with Crippen LogP contribution < -0.4 is 5.43 Å². The number of amides is 1. The first kappa shape index (κ1) is 14.1. The summed E-state index contributed by atoms with van der Waals surface area (Å²) in [7, 11) is 0. The van der Waals surface area contributed by atoms with Gasteiger partial charge in [-0.1, -0.05) is 12.1 Å². The summed E-state index contributed by atoms with van der Waals surface area (Å²) in [6.07, 6.45) is -0.686. The molecule has 0 atom stereocenters. The summed E-state index contributed by atoms with van der Waals surface area (Å²) in [6, 6.07) is 6.94. The lowest BCUT2D eigenvalue weighted by atomic mass is 10.0. The second-order valence-corrected chi connectivity index (χ2v) is 4.57. The van der Waals surface area contributed by atoms with Crippen molar-refractivity contribution in [3.05, 3.63) is 59.4 Å². The van der Waals surface area contributed by atoms with Gasteiger partial charge in [0.15, 0.2) is 0 Å². The Balaban J connectivity index is 1.97. The maximum absolute atomic E-state index is 14.2. The zero-order chi connectivity index (χ0) is 15.7. The summed E-state index contributed by atoms with van der Waals surface area (Å²) in [6.45, 7) is -0.0878. The molecule has 0 radical (unpaired) electrons. The maximum atomic E-state index is 14.2. The van der Waals surface area contributed by atoms with Gasteiger partial charge in [-0.2, -0.15) is 5.10 Å². The molecule has 1 aliphatic rings. The number of hydrogen-bond acceptors (Lipinski definition) is 3. The highest BCUT2D eigenvalue weighted by atomic mass is 19.1. The molecule has 0 fully saturated rings. The van der Waals surface area contributed by atoms with Crippen molar-refractivity contribution in [3.63, 3.8) is 0 Å². The van der Waals surface area contributed by atoms with E-state index in [1.807, 2.05) is 0 Å². The molecule has 112 valence electrons. The molecule has 4 nitrogen and oxygen atoms in total. The first-order chi connectivity index (χ1) is 10.5. The monoisotopic (exact) mass is 306 g/mol. The number of carbonyl (C=O) groups excluding carboxylic acids is 1. The molecule has 0 aliphatic carbocycles. The van der Waals surface area contributed by atoms with Crippen molar-refractivity contribution in [1.82, 2.24) is 5.43 Å². The van der Waals surface area contributed by atoms with Gasteiger partial charge in [0.05, 0.1) is 0 Å². The van der Waals surface area contributed by atoms with Crippen LogP contribution in [0.25, 0.3) is 11.1 Å². The highest BCUT2D eigenvalue weighted by Crippen LogP contribution is 2.27. The fourth-order valence-corrected chi connectivity index (χ4v) is 2.08. The molecule has 0 spiro atoms. The molecule has 1 N–H and O–H groups in total. The van der Waals surface area contributed by atoms with Crippen molar-refractivity contribution in [3.8, 4) is 11.1 Å². The highest BCUT2D eigenvalue weighted by molar-refractivity contribution is 6.03. The molecule has 0 unspecified atom stereocenters. The van der Waals surface area contributed by atoms with Gasteiger partial charge in [-0.25, -0.2) is 23.4 Å². The Morgan fingerprint density at radius 2 is 1.68 bits per heavy atom. The summed E-state index contributed by atoms with van der Waals surface area (Å²) in [5.41, 5.74) is 2.81. The molecule has 0 bridgehead atoms. The second kappa shape index (κ2) is 5.51. The number of benzene rings is 2. The Hall–Kier alpha value is -2.83. The van der Waals surface area contributed by atoms with E-state index in [2.05, 4.69) is 10.5 Å². The van der Waals surface area contributed by atoms with E-state index in [1.54, 1.807) is 0 Å². The van der Waals surface area contributed by atoms with Gasteiger partial charge >= 0.3 is 6.09 Å². The zero-order valence-electron chi connectivity index (χ0n) is 11.1. The standard InChI is InChI=1S/C15H9F3N2O2/c16-9-2-4-11(13(18)6-9)10-3-1-8(5-12(10)17)14-7-22-15(21)20-19-14/h1-6H,7H2,(H,20,21). The Morgan fingerprint density at radius 3 is 2.27 bits per heavy atom. The Kier molecular flexibility index (Phi) is 3.54. The van der Waals surface area contributed by atoms with Crippen LogP contribution in [-0.2, 0) is 4.74 Å². The average molecular weight is 306 g/mol. The average Bonchev–Trinajstić information content (AvgIpc) is 2.49. The summed E-state index contributed by atoms with van der Waals surface area (Å²) in [5.74, 6) is -2.28. The van der Waals surface area contributed by atoms with Crippen LogP contribution in [0.5, 0.6) is 0 Å². The van der Waals surface area contributed by atoms with Gasteiger partial charge in [-0.3, -0.25) is 0 Å². The second-order valence-electron chi connectivity index (χ2n) is 4.57. The van der Waals surface area contributed by atoms with E-state index >= 15 is 0 Å². The molecule has 2 aromatic carbocycles. The van der Waals surface area contributed by atoms with Crippen LogP contribution in [0.4, 0.5) is 18.0 Å². The Bertz CT molecular complexity index is 790. The molecule has 7 heteroatoms. The van der Waals surface area contributed by atoms with Crippen molar-refractivity contribution in [2.45, 2.75) is 0 Å². The third kappa shape index (κ3) is 2.65. The molecular formula is C15H9F3N2O2. The van der Waals surface area contributed by atoms with Crippen LogP contribution in [-0.4, -0.2) is 18.4 Å². The minimum absolute atomic E-state index is 0.00242. The number of hydrogen-bond donors (Lipinski definition) is 1. The van der Waals surface area contributed by atoms with Gasteiger partial charge in [-0.15, -0.1) is 0 Å². The number of nitrogens with zero attached hydrogens (tertiary/aromatic N) is 1. The van der Waals surface area contributed by atoms with Crippen LogP contribution in [0, 0.1) is 17.5 Å². The van der Waals surface area contributed by atoms with Gasteiger partial charge in [0.1, 0.15) is 29.8 Å². The lowest BCUT2D eigenvalue weighted by molar-refractivity contribution is 0.157. The van der Waals surface area contributed by atoms with Gasteiger partial charge in [0, 0.05) is 22.8 Å². The van der Waals surface area contributed by atoms with Crippen molar-refractivity contribution in [2.75, 3.05) is 6.61 Å². The summed E-state index contributed by atoms with van der Waals surface area (Å²) in [5, 5.41) is 3.76. The molecule has 0 aromatic heterocycles. The van der Waals surface area contributed by atoms with E-state index in [0.29, 0.717) is 17.3 Å². The first-order valence-electron chi connectivity index (χ1n) is 6.29. The number of hydrazone groups is 1. The number of ether oxygens (including phenoxy) is 1. The molecule has 22 heavy (non-hydrogen) atoms. The van der Waals surface area contributed by atoms with Gasteiger partial charge in [0.25, 0.3) is 0 Å². The smallest absolute Gasteiger partial charge is 0.428 e. The molecule has 2 aromatic rings. The van der Waals surface area contributed by atoms with Gasteiger partial charge in [0.2, 0.25) is 0 Å². The van der Waals surface area contributed by atoms with Gasteiger partial charge < -0.3 is 4.74 Å². The zero-order valence-corrected chi connectivity index (χ0v) is 11.1. The summed E-state index contributed by atoms with van der Waals surface area (Å²) in [4.78, 5) is 10.8. The van der Waals surface area contributed by atoms with Crippen LogP contribution in [0.15, 0.2) is 41.5 Å². The van der Waals surface area contributed by atoms with Crippen molar-refractivity contribution in [1.29, 1.82) is 0 Å². The minimum atomic E-state index is -0.850. The van der Waals surface area contributed by atoms with E-state index in [0.717, 1.165) is 12.1 Å². The molecule has 1 aliphatic heterocycles. The fourth-order valence-electron chi connectivity index (χ4n) is 2.08. The van der Waals surface area contributed by atoms with Crippen LogP contribution in [0.2, 0.25) is 0 Å². The van der Waals surface area contributed by atoms with Crippen molar-refractivity contribution in [2.24, 2.45) is 5.10 Å². The highest BCUT2D eigenvalue weighted by Gasteiger charge is 2.17. The Labute approximate surface area is 123 Å². The number of nitrogens with one attached hydrogen (secondary N) is 1. The first-order valence-corrected chi connectivity index (χ1v) is 6.29. The van der Waals surface area contributed by atoms with Gasteiger partial charge in [-0.05, 0) is 18.2 Å². The van der Waals surface area contributed by atoms with Crippen molar-refractivity contribution >= 4 is 11.8 Å². The van der Waals surface area contributed by atoms with E-state index in [4.69, 9.17) is 4.74 Å². The summed E-state index contributed by atoms with van der Waals surface area (Å²) >= 11 is 0. The topological polar surface area (TPSA) is 50.7 Å². The van der Waals surface area contributed by atoms with Crippen LogP contribution in [0.3, 0.4) is 0 Å². The van der Waals surface area contributed by atoms with E-state index in [1.165, 1.54) is 18.2 Å². The van der Waals surface area contributed by atoms with E-state index < -0.39 is 23.5 Å². The summed E-state index contributed by atoms with van der Waals surface area (Å²) < 4.78 is 45.6. The molecular weight excluding hydrogens is 297 g/mol. The lowest BCUT2D eigenvalue weighted by Crippen LogP contribution is -2.30. The minimum Gasteiger partial charge on any atom is -0.442 e. The quantitative estimate of drug-likeness (QED) is 0.926. The number of rotatable bonds is 2. The predicted molar refractivity (Wildman–Crippen MR) is 72.8 cm³/mol. The third-order valence-corrected chi connectivity index (χ3v) is 3.15. The van der Waals surface area contributed by atoms with Crippen LogP contribution >= 0.6 is 0 Å².